The van der Waals surface area contributed by atoms with Gasteiger partial charge in [-0.1, -0.05) is 30.3 Å². The van der Waals surface area contributed by atoms with Crippen molar-refractivity contribution in [3.8, 4) is 11.5 Å². The summed E-state index contributed by atoms with van der Waals surface area (Å²) in [5.41, 5.74) is 0.930. The number of unbranched alkanes of at least 4 members (excludes halogenated alkanes) is 1. The van der Waals surface area contributed by atoms with E-state index >= 15 is 0 Å². The lowest BCUT2D eigenvalue weighted by atomic mass is 10.0. The van der Waals surface area contributed by atoms with Gasteiger partial charge in [0.2, 0.25) is 11.8 Å². The minimum atomic E-state index is -3.90. The number of carbonyl (C=O) groups excluding carboxylic acids is 4. The summed E-state index contributed by atoms with van der Waals surface area (Å²) < 4.78 is 36.2. The first-order chi connectivity index (χ1) is 18.5. The van der Waals surface area contributed by atoms with Crippen molar-refractivity contribution in [1.29, 1.82) is 0 Å². The molecule has 1 heterocycles. The van der Waals surface area contributed by atoms with Crippen molar-refractivity contribution in [2.45, 2.75) is 32.2 Å². The molecule has 1 aliphatic rings. The van der Waals surface area contributed by atoms with E-state index in [2.05, 4.69) is 15.4 Å². The van der Waals surface area contributed by atoms with Crippen molar-refractivity contribution in [2.24, 2.45) is 0 Å². The molecule has 3 rings (SSSR count). The van der Waals surface area contributed by atoms with Crippen LogP contribution in [-0.2, 0) is 35.6 Å². The van der Waals surface area contributed by atoms with Crippen molar-refractivity contribution >= 4 is 38.6 Å². The topological polar surface area (TPSA) is 177 Å². The molecule has 0 saturated heterocycles. The number of phenolic OH excluding ortho intramolecular Hbond substituents is 1. The van der Waals surface area contributed by atoms with Gasteiger partial charge in [-0.2, -0.15) is 0 Å². The fourth-order valence-corrected chi connectivity index (χ4v) is 4.98. The SMILES string of the molecule is COC(=O)c1c(O)cccc1OCCCCNC(=O)[C@H](Cc1ccc(C2=CC(=O)NS2(=O)=O)cc1)NC(C)=O. The van der Waals surface area contributed by atoms with E-state index in [0.717, 1.165) is 6.08 Å². The number of sulfonamides is 1. The molecule has 12 nitrogen and oxygen atoms in total. The van der Waals surface area contributed by atoms with Crippen molar-refractivity contribution in [2.75, 3.05) is 20.3 Å². The average molecular weight is 560 g/mol. The molecule has 0 aliphatic carbocycles. The van der Waals surface area contributed by atoms with E-state index in [1.807, 2.05) is 4.72 Å². The molecule has 0 fully saturated rings. The molecule has 0 saturated carbocycles. The summed E-state index contributed by atoms with van der Waals surface area (Å²) in [6.07, 6.45) is 2.23. The summed E-state index contributed by atoms with van der Waals surface area (Å²) in [4.78, 5) is 47.6. The molecule has 2 aromatic rings. The summed E-state index contributed by atoms with van der Waals surface area (Å²) in [7, 11) is -2.70. The number of benzene rings is 2. The van der Waals surface area contributed by atoms with Gasteiger partial charge in [0.05, 0.1) is 13.7 Å². The molecule has 1 aliphatic heterocycles. The smallest absolute Gasteiger partial charge is 0.345 e. The van der Waals surface area contributed by atoms with Gasteiger partial charge in [0.25, 0.3) is 15.9 Å². The van der Waals surface area contributed by atoms with Gasteiger partial charge in [-0.25, -0.2) is 17.9 Å². The van der Waals surface area contributed by atoms with E-state index < -0.39 is 33.8 Å². The third-order valence-corrected chi connectivity index (χ3v) is 7.08. The Morgan fingerprint density at radius 3 is 2.41 bits per heavy atom. The van der Waals surface area contributed by atoms with Crippen molar-refractivity contribution in [1.82, 2.24) is 15.4 Å². The third-order valence-electron chi connectivity index (χ3n) is 5.68. The molecule has 0 unspecified atom stereocenters. The molecule has 2 aromatic carbocycles. The van der Waals surface area contributed by atoms with Gasteiger partial charge in [0.1, 0.15) is 28.0 Å². The number of aromatic hydroxyl groups is 1. The zero-order valence-corrected chi connectivity index (χ0v) is 22.2. The standard InChI is InChI=1S/C26H29N3O9S/c1-16(30)28-19(14-17-8-10-18(11-9-17)22-15-23(32)29-39(22,35)36)25(33)27-12-3-4-13-38-21-7-5-6-20(31)24(21)26(34)37-2/h5-11,15,19,31H,3-4,12-14H2,1-2H3,(H,27,33)(H,28,30)(H,29,32)/t19-/m0/s1. The maximum Gasteiger partial charge on any atom is 0.345 e. The molecule has 0 radical (unpaired) electrons. The monoisotopic (exact) mass is 559 g/mol. The second kappa shape index (κ2) is 12.9. The molecule has 4 N–H and O–H groups in total. The van der Waals surface area contributed by atoms with Crippen LogP contribution in [0.2, 0.25) is 0 Å². The van der Waals surface area contributed by atoms with Crippen LogP contribution >= 0.6 is 0 Å². The van der Waals surface area contributed by atoms with Crippen molar-refractivity contribution < 1.29 is 42.2 Å². The predicted molar refractivity (Wildman–Crippen MR) is 140 cm³/mol. The molecule has 13 heteroatoms. The lowest BCUT2D eigenvalue weighted by Crippen LogP contribution is -2.47. The fraction of sp³-hybridized carbons (Fsp3) is 0.308. The number of carbonyl (C=O) groups is 4. The Morgan fingerprint density at radius 2 is 1.79 bits per heavy atom. The molecule has 3 amide bonds. The van der Waals surface area contributed by atoms with Gasteiger partial charge in [-0.3, -0.25) is 14.4 Å². The highest BCUT2D eigenvalue weighted by molar-refractivity contribution is 7.99. The number of methoxy groups -OCH3 is 1. The Bertz CT molecular complexity index is 1390. The minimum absolute atomic E-state index is 0.0637. The quantitative estimate of drug-likeness (QED) is 0.218. The van der Waals surface area contributed by atoms with Crippen LogP contribution in [0.4, 0.5) is 0 Å². The molecule has 0 spiro atoms. The number of phenols is 1. The number of hydrogen-bond acceptors (Lipinski definition) is 9. The zero-order chi connectivity index (χ0) is 28.6. The Kier molecular flexibility index (Phi) is 9.66. The number of amides is 3. The Balaban J connectivity index is 1.51. The number of hydrogen-bond donors (Lipinski definition) is 4. The van der Waals surface area contributed by atoms with E-state index in [1.54, 1.807) is 24.3 Å². The predicted octanol–water partition coefficient (Wildman–Crippen LogP) is 1.00. The Morgan fingerprint density at radius 1 is 1.08 bits per heavy atom. The number of esters is 1. The Hall–Kier alpha value is -4.39. The van der Waals surface area contributed by atoms with Crippen LogP contribution in [0.3, 0.4) is 0 Å². The second-order valence-corrected chi connectivity index (χ2v) is 10.3. The van der Waals surface area contributed by atoms with Gasteiger partial charge < -0.3 is 25.2 Å². The summed E-state index contributed by atoms with van der Waals surface area (Å²) in [6, 6.07) is 9.87. The molecule has 1 atom stereocenters. The normalized spacial score (nSPS) is 14.5. The molecule has 0 bridgehead atoms. The number of nitrogens with one attached hydrogen (secondary N) is 3. The van der Waals surface area contributed by atoms with Gasteiger partial charge in [0, 0.05) is 26.0 Å². The Labute approximate surface area is 225 Å². The van der Waals surface area contributed by atoms with Crippen LogP contribution in [0.25, 0.3) is 4.91 Å². The maximum absolute atomic E-state index is 12.8. The first kappa shape index (κ1) is 29.2. The van der Waals surface area contributed by atoms with E-state index in [1.165, 1.54) is 32.2 Å². The summed E-state index contributed by atoms with van der Waals surface area (Å²) in [5, 5.41) is 15.3. The van der Waals surface area contributed by atoms with Crippen LogP contribution in [-0.4, -0.2) is 63.5 Å². The second-order valence-electron chi connectivity index (χ2n) is 8.62. The average Bonchev–Trinajstić information content (AvgIpc) is 3.16. The number of ether oxygens (including phenoxy) is 2. The minimum Gasteiger partial charge on any atom is -0.507 e. The van der Waals surface area contributed by atoms with Crippen molar-refractivity contribution in [3.05, 3.63) is 65.2 Å². The highest BCUT2D eigenvalue weighted by atomic mass is 32.2. The first-order valence-corrected chi connectivity index (χ1v) is 13.5. The largest absolute Gasteiger partial charge is 0.507 e. The first-order valence-electron chi connectivity index (χ1n) is 12.0. The van der Waals surface area contributed by atoms with E-state index in [4.69, 9.17) is 4.74 Å². The highest BCUT2D eigenvalue weighted by Crippen LogP contribution is 2.28. The number of rotatable bonds is 12. The molecular formula is C26H29N3O9S. The van der Waals surface area contributed by atoms with Crippen LogP contribution in [0.5, 0.6) is 11.5 Å². The van der Waals surface area contributed by atoms with E-state index in [9.17, 15) is 32.7 Å². The summed E-state index contributed by atoms with van der Waals surface area (Å²) >= 11 is 0. The van der Waals surface area contributed by atoms with Gasteiger partial charge in [0.15, 0.2) is 0 Å². The van der Waals surface area contributed by atoms with Crippen LogP contribution in [0.15, 0.2) is 48.5 Å². The molecular weight excluding hydrogens is 530 g/mol. The fourth-order valence-electron chi connectivity index (χ4n) is 3.84. The lowest BCUT2D eigenvalue weighted by molar-refractivity contribution is -0.128. The van der Waals surface area contributed by atoms with Crippen LogP contribution in [0.1, 0.15) is 41.3 Å². The van der Waals surface area contributed by atoms with Crippen LogP contribution < -0.4 is 20.1 Å². The lowest BCUT2D eigenvalue weighted by Gasteiger charge is -2.18. The maximum atomic E-state index is 12.8. The van der Waals surface area contributed by atoms with Crippen molar-refractivity contribution in [3.63, 3.8) is 0 Å². The van der Waals surface area contributed by atoms with Crippen LogP contribution in [0, 0.1) is 0 Å². The molecule has 0 aromatic heterocycles. The molecule has 39 heavy (non-hydrogen) atoms. The highest BCUT2D eigenvalue weighted by Gasteiger charge is 2.29. The molecule has 208 valence electrons. The van der Waals surface area contributed by atoms with E-state index in [0.29, 0.717) is 30.5 Å². The summed E-state index contributed by atoms with van der Waals surface area (Å²) in [6.45, 7) is 1.82. The zero-order valence-electron chi connectivity index (χ0n) is 21.4. The van der Waals surface area contributed by atoms with Gasteiger partial charge in [-0.15, -0.1) is 0 Å². The third kappa shape index (κ3) is 7.80. The summed E-state index contributed by atoms with van der Waals surface area (Å²) in [5.74, 6) is -2.29. The van der Waals surface area contributed by atoms with E-state index in [-0.39, 0.29) is 40.9 Å². The van der Waals surface area contributed by atoms with Gasteiger partial charge in [-0.05, 0) is 36.1 Å². The van der Waals surface area contributed by atoms with Gasteiger partial charge >= 0.3 is 5.97 Å².